The van der Waals surface area contributed by atoms with E-state index in [1.54, 1.807) is 11.3 Å². The summed E-state index contributed by atoms with van der Waals surface area (Å²) in [5.74, 6) is 0. The fourth-order valence-electron chi connectivity index (χ4n) is 2.21. The van der Waals surface area contributed by atoms with E-state index in [2.05, 4.69) is 20.4 Å². The number of anilines is 1. The normalized spacial score (nSPS) is 25.7. The van der Waals surface area contributed by atoms with Crippen molar-refractivity contribution in [3.05, 3.63) is 5.51 Å². The lowest BCUT2D eigenvalue weighted by atomic mass is 10.2. The van der Waals surface area contributed by atoms with Crippen molar-refractivity contribution in [3.8, 4) is 0 Å². The highest BCUT2D eigenvalue weighted by Gasteiger charge is 2.32. The first-order valence-electron chi connectivity index (χ1n) is 5.69. The molecule has 1 saturated heterocycles. The maximum absolute atomic E-state index is 4.19. The summed E-state index contributed by atoms with van der Waals surface area (Å²) in [7, 11) is 0. The first-order valence-corrected chi connectivity index (χ1v) is 6.57. The van der Waals surface area contributed by atoms with Crippen molar-refractivity contribution in [2.24, 2.45) is 0 Å². The Morgan fingerprint density at radius 2 is 2.40 bits per heavy atom. The van der Waals surface area contributed by atoms with Crippen LogP contribution >= 0.6 is 11.3 Å². The summed E-state index contributed by atoms with van der Waals surface area (Å²) in [4.78, 5) is 2.45. The van der Waals surface area contributed by atoms with E-state index in [0.29, 0.717) is 6.04 Å². The van der Waals surface area contributed by atoms with Crippen molar-refractivity contribution in [2.75, 3.05) is 18.0 Å². The number of nitrogens with one attached hydrogen (secondary N) is 1. The van der Waals surface area contributed by atoms with E-state index in [4.69, 9.17) is 0 Å². The standard InChI is InChI=1S/C10H16N4S/c1-2-8(11-5-1)6-14(9-3-4-9)10-13-12-7-15-10/h7-9,11H,1-6H2. The molecule has 1 aliphatic heterocycles. The van der Waals surface area contributed by atoms with Gasteiger partial charge in [0.05, 0.1) is 0 Å². The lowest BCUT2D eigenvalue weighted by molar-refractivity contribution is 0.577. The summed E-state index contributed by atoms with van der Waals surface area (Å²) in [6.45, 7) is 2.29. The largest absolute Gasteiger partial charge is 0.342 e. The molecule has 1 aromatic rings. The van der Waals surface area contributed by atoms with Crippen LogP contribution in [0.5, 0.6) is 0 Å². The monoisotopic (exact) mass is 224 g/mol. The summed E-state index contributed by atoms with van der Waals surface area (Å²) in [5.41, 5.74) is 1.83. The van der Waals surface area contributed by atoms with Gasteiger partial charge in [-0.2, -0.15) is 0 Å². The van der Waals surface area contributed by atoms with Gasteiger partial charge in [0, 0.05) is 18.6 Å². The smallest absolute Gasteiger partial charge is 0.208 e. The van der Waals surface area contributed by atoms with Crippen molar-refractivity contribution < 1.29 is 0 Å². The van der Waals surface area contributed by atoms with Gasteiger partial charge in [0.25, 0.3) is 0 Å². The highest BCUT2D eigenvalue weighted by molar-refractivity contribution is 7.13. The van der Waals surface area contributed by atoms with Crippen LogP contribution in [0.25, 0.3) is 0 Å². The Hall–Kier alpha value is -0.680. The van der Waals surface area contributed by atoms with Gasteiger partial charge < -0.3 is 10.2 Å². The third-order valence-electron chi connectivity index (χ3n) is 3.16. The minimum Gasteiger partial charge on any atom is -0.342 e. The van der Waals surface area contributed by atoms with Gasteiger partial charge in [0.15, 0.2) is 0 Å². The third-order valence-corrected chi connectivity index (χ3v) is 3.89. The highest BCUT2D eigenvalue weighted by Crippen LogP contribution is 2.32. The number of rotatable bonds is 4. The molecule has 1 saturated carbocycles. The second-order valence-corrected chi connectivity index (χ2v) is 5.21. The minimum absolute atomic E-state index is 0.662. The van der Waals surface area contributed by atoms with Gasteiger partial charge in [-0.1, -0.05) is 11.3 Å². The van der Waals surface area contributed by atoms with Crippen LogP contribution < -0.4 is 10.2 Å². The zero-order valence-corrected chi connectivity index (χ0v) is 9.54. The number of hydrogen-bond acceptors (Lipinski definition) is 5. The average molecular weight is 224 g/mol. The molecule has 82 valence electrons. The Kier molecular flexibility index (Phi) is 2.58. The molecule has 4 nitrogen and oxygen atoms in total. The van der Waals surface area contributed by atoms with Gasteiger partial charge in [-0.05, 0) is 32.2 Å². The number of aromatic nitrogens is 2. The number of nitrogens with zero attached hydrogens (tertiary/aromatic N) is 3. The first-order chi connectivity index (χ1) is 7.43. The molecule has 1 unspecified atom stereocenters. The van der Waals surface area contributed by atoms with Crippen LogP contribution in [-0.2, 0) is 0 Å². The van der Waals surface area contributed by atoms with Crippen molar-refractivity contribution >= 4 is 16.5 Å². The molecule has 1 N–H and O–H groups in total. The molecule has 5 heteroatoms. The van der Waals surface area contributed by atoms with Crippen molar-refractivity contribution in [1.29, 1.82) is 0 Å². The van der Waals surface area contributed by atoms with Crippen molar-refractivity contribution in [3.63, 3.8) is 0 Å². The lowest BCUT2D eigenvalue weighted by Gasteiger charge is -2.24. The second kappa shape index (κ2) is 4.06. The minimum atomic E-state index is 0.662. The SMILES string of the molecule is c1nnc(N(CC2CCCN2)C2CC2)s1. The molecule has 1 aliphatic carbocycles. The maximum atomic E-state index is 4.19. The van der Waals surface area contributed by atoms with Gasteiger partial charge in [0.2, 0.25) is 5.13 Å². The molecule has 0 amide bonds. The van der Waals surface area contributed by atoms with Crippen LogP contribution in [0.4, 0.5) is 5.13 Å². The van der Waals surface area contributed by atoms with E-state index in [1.807, 2.05) is 5.51 Å². The summed E-state index contributed by atoms with van der Waals surface area (Å²) in [6.07, 6.45) is 5.28. The molecule has 0 aromatic carbocycles. The Balaban J connectivity index is 1.68. The van der Waals surface area contributed by atoms with Crippen LogP contribution in [0, 0.1) is 0 Å². The zero-order chi connectivity index (χ0) is 10.1. The molecule has 15 heavy (non-hydrogen) atoms. The van der Waals surface area contributed by atoms with E-state index in [1.165, 1.54) is 32.2 Å². The topological polar surface area (TPSA) is 41.1 Å². The van der Waals surface area contributed by atoms with Crippen molar-refractivity contribution in [1.82, 2.24) is 15.5 Å². The summed E-state index contributed by atoms with van der Waals surface area (Å²) < 4.78 is 0. The van der Waals surface area contributed by atoms with Gasteiger partial charge in [0.1, 0.15) is 5.51 Å². The molecule has 2 heterocycles. The summed E-state index contributed by atoms with van der Waals surface area (Å²) in [6, 6.07) is 1.40. The zero-order valence-electron chi connectivity index (χ0n) is 8.72. The van der Waals surface area contributed by atoms with Crippen LogP contribution in [0.15, 0.2) is 5.51 Å². The molecular weight excluding hydrogens is 208 g/mol. The predicted molar refractivity (Wildman–Crippen MR) is 61.3 cm³/mol. The van der Waals surface area contributed by atoms with E-state index in [0.717, 1.165) is 17.7 Å². The molecule has 1 aromatic heterocycles. The van der Waals surface area contributed by atoms with Gasteiger partial charge in [-0.3, -0.25) is 0 Å². The molecular formula is C10H16N4S. The van der Waals surface area contributed by atoms with E-state index in [9.17, 15) is 0 Å². The van der Waals surface area contributed by atoms with Crippen LogP contribution in [-0.4, -0.2) is 35.4 Å². The van der Waals surface area contributed by atoms with Crippen LogP contribution in [0.3, 0.4) is 0 Å². The molecule has 2 aliphatic rings. The molecule has 3 rings (SSSR count). The van der Waals surface area contributed by atoms with E-state index in [-0.39, 0.29) is 0 Å². The number of hydrogen-bond donors (Lipinski definition) is 1. The Morgan fingerprint density at radius 3 is 3.00 bits per heavy atom. The molecule has 2 fully saturated rings. The third kappa shape index (κ3) is 2.13. The Labute approximate surface area is 93.7 Å². The predicted octanol–water partition coefficient (Wildman–Crippen LogP) is 1.26. The first kappa shape index (κ1) is 9.54. The van der Waals surface area contributed by atoms with Crippen LogP contribution in [0.2, 0.25) is 0 Å². The fraction of sp³-hybridized carbons (Fsp3) is 0.800. The van der Waals surface area contributed by atoms with Gasteiger partial charge >= 0.3 is 0 Å². The molecule has 0 bridgehead atoms. The molecule has 0 radical (unpaired) electrons. The summed E-state index contributed by atoms with van der Waals surface area (Å²) >= 11 is 1.66. The summed E-state index contributed by atoms with van der Waals surface area (Å²) in [5, 5.41) is 12.8. The molecule has 0 spiro atoms. The van der Waals surface area contributed by atoms with E-state index >= 15 is 0 Å². The van der Waals surface area contributed by atoms with Crippen molar-refractivity contribution in [2.45, 2.75) is 37.8 Å². The van der Waals surface area contributed by atoms with Gasteiger partial charge in [-0.25, -0.2) is 0 Å². The van der Waals surface area contributed by atoms with E-state index < -0.39 is 0 Å². The average Bonchev–Trinajstić information content (AvgIpc) is 2.78. The van der Waals surface area contributed by atoms with Crippen LogP contribution in [0.1, 0.15) is 25.7 Å². The fourth-order valence-corrected chi connectivity index (χ4v) is 2.85. The Bertz CT molecular complexity index is 303. The quantitative estimate of drug-likeness (QED) is 0.836. The lowest BCUT2D eigenvalue weighted by Crippen LogP contribution is -2.38. The second-order valence-electron chi connectivity index (χ2n) is 4.40. The Morgan fingerprint density at radius 1 is 1.47 bits per heavy atom. The van der Waals surface area contributed by atoms with Gasteiger partial charge in [-0.15, -0.1) is 10.2 Å². The maximum Gasteiger partial charge on any atom is 0.208 e. The highest BCUT2D eigenvalue weighted by atomic mass is 32.1. The molecule has 1 atom stereocenters.